The van der Waals surface area contributed by atoms with Crippen molar-refractivity contribution in [3.63, 3.8) is 0 Å². The van der Waals surface area contributed by atoms with E-state index in [4.69, 9.17) is 16.3 Å². The van der Waals surface area contributed by atoms with Crippen molar-refractivity contribution in [1.29, 1.82) is 0 Å². The Morgan fingerprint density at radius 2 is 1.72 bits per heavy atom. The van der Waals surface area contributed by atoms with Gasteiger partial charge in [-0.3, -0.25) is 4.79 Å². The van der Waals surface area contributed by atoms with Gasteiger partial charge in [-0.05, 0) is 24.3 Å². The van der Waals surface area contributed by atoms with Crippen LogP contribution in [0.2, 0.25) is 5.15 Å². The quantitative estimate of drug-likeness (QED) is 0.204. The average Bonchev–Trinajstić information content (AvgIpc) is 2.82. The third-order valence-corrected chi connectivity index (χ3v) is 5.23. The van der Waals surface area contributed by atoms with Gasteiger partial charge in [0.15, 0.2) is 5.78 Å². The molecule has 2 aromatic carbocycles. The van der Waals surface area contributed by atoms with Crippen molar-refractivity contribution in [3.05, 3.63) is 88.7 Å². The van der Waals surface area contributed by atoms with Crippen LogP contribution in [0.15, 0.2) is 66.9 Å². The molecule has 12 heteroatoms. The number of rotatable bonds is 9. The fourth-order valence-corrected chi connectivity index (χ4v) is 3.48. The molecule has 0 amide bonds. The molecule has 36 heavy (non-hydrogen) atoms. The van der Waals surface area contributed by atoms with E-state index < -0.39 is 54.1 Å². The predicted molar refractivity (Wildman–Crippen MR) is 120 cm³/mol. The Morgan fingerprint density at radius 1 is 1.03 bits per heavy atom. The maximum absolute atomic E-state index is 13.9. The molecule has 1 N–H and O–H groups in total. The summed E-state index contributed by atoms with van der Waals surface area (Å²) in [5.41, 5.74) is -2.63. The summed E-state index contributed by atoms with van der Waals surface area (Å²) in [6.45, 7) is -2.29. The molecule has 192 valence electrons. The SMILES string of the molecule is O=C(c1ccccc1)C(O)c1ccc(N(CCOc2ccc(Cl)nc2)CC(F)(F)F)cc1C(F)(F)F. The second kappa shape index (κ2) is 11.2. The first-order valence-corrected chi connectivity index (χ1v) is 10.8. The zero-order chi connectivity index (χ0) is 26.5. The highest BCUT2D eigenvalue weighted by molar-refractivity contribution is 6.29. The first-order chi connectivity index (χ1) is 16.8. The number of ketones is 1. The maximum atomic E-state index is 13.9. The number of hydrogen-bond acceptors (Lipinski definition) is 5. The molecular formula is C24H19ClF6N2O3. The Kier molecular flexibility index (Phi) is 8.47. The maximum Gasteiger partial charge on any atom is 0.416 e. The van der Waals surface area contributed by atoms with Crippen molar-refractivity contribution in [2.45, 2.75) is 18.5 Å². The van der Waals surface area contributed by atoms with Crippen LogP contribution in [0.3, 0.4) is 0 Å². The molecule has 0 saturated carbocycles. The molecule has 1 heterocycles. The lowest BCUT2D eigenvalue weighted by atomic mass is 9.95. The highest BCUT2D eigenvalue weighted by Crippen LogP contribution is 2.38. The summed E-state index contributed by atoms with van der Waals surface area (Å²) in [4.78, 5) is 16.9. The molecule has 0 bridgehead atoms. The smallest absolute Gasteiger partial charge is 0.416 e. The number of halogens is 7. The summed E-state index contributed by atoms with van der Waals surface area (Å²) >= 11 is 5.66. The van der Waals surface area contributed by atoms with Crippen LogP contribution in [0.1, 0.15) is 27.6 Å². The molecule has 0 aliphatic heterocycles. The number of nitrogens with zero attached hydrogens (tertiary/aromatic N) is 2. The highest BCUT2D eigenvalue weighted by atomic mass is 35.5. The Labute approximate surface area is 206 Å². The van der Waals surface area contributed by atoms with E-state index in [-0.39, 0.29) is 23.1 Å². The van der Waals surface area contributed by atoms with Crippen LogP contribution < -0.4 is 9.64 Å². The average molecular weight is 533 g/mol. The van der Waals surface area contributed by atoms with Gasteiger partial charge in [-0.15, -0.1) is 0 Å². The standard InChI is InChI=1S/C24H19ClF6N2O3/c25-20-9-7-17(13-32-20)36-11-10-33(14-23(26,27)28)16-6-8-18(19(12-16)24(29,30)31)22(35)21(34)15-4-2-1-3-5-15/h1-9,12-13,22,35H,10-11,14H2. The molecule has 3 aromatic rings. The minimum absolute atomic E-state index is 0.0188. The second-order valence-electron chi connectivity index (χ2n) is 7.60. The fraction of sp³-hybridized carbons (Fsp3) is 0.250. The molecule has 0 radical (unpaired) electrons. The third-order valence-electron chi connectivity index (χ3n) is 5.01. The normalized spacial score (nSPS) is 12.8. The van der Waals surface area contributed by atoms with E-state index in [0.29, 0.717) is 11.0 Å². The molecule has 3 rings (SSSR count). The highest BCUT2D eigenvalue weighted by Gasteiger charge is 2.38. The Morgan fingerprint density at radius 3 is 2.31 bits per heavy atom. The number of benzene rings is 2. The molecule has 0 fully saturated rings. The van der Waals surface area contributed by atoms with Gasteiger partial charge in [0.2, 0.25) is 0 Å². The molecule has 5 nitrogen and oxygen atoms in total. The number of Topliss-reactive ketones (excluding diaryl/α,β-unsaturated/α-hetero) is 1. The number of pyridine rings is 1. The van der Waals surface area contributed by atoms with Gasteiger partial charge in [0.1, 0.15) is 30.2 Å². The first kappa shape index (κ1) is 27.3. The van der Waals surface area contributed by atoms with Crippen molar-refractivity contribution in [2.24, 2.45) is 0 Å². The van der Waals surface area contributed by atoms with E-state index >= 15 is 0 Å². The summed E-state index contributed by atoms with van der Waals surface area (Å²) in [5, 5.41) is 10.6. The van der Waals surface area contributed by atoms with Crippen LogP contribution in [-0.4, -0.2) is 41.7 Å². The van der Waals surface area contributed by atoms with Gasteiger partial charge in [0.25, 0.3) is 0 Å². The van der Waals surface area contributed by atoms with Gasteiger partial charge >= 0.3 is 12.4 Å². The van der Waals surface area contributed by atoms with Crippen molar-refractivity contribution < 1.29 is 41.0 Å². The summed E-state index contributed by atoms with van der Waals surface area (Å²) in [5.74, 6) is -0.772. The van der Waals surface area contributed by atoms with E-state index in [1.807, 2.05) is 0 Å². The van der Waals surface area contributed by atoms with Crippen molar-refractivity contribution in [2.75, 3.05) is 24.6 Å². The number of alkyl halides is 6. The summed E-state index contributed by atoms with van der Waals surface area (Å²) in [6.07, 6.45) is -10.7. The molecule has 0 spiro atoms. The van der Waals surface area contributed by atoms with E-state index in [9.17, 15) is 36.2 Å². The summed E-state index contributed by atoms with van der Waals surface area (Å²) < 4.78 is 86.5. The van der Waals surface area contributed by atoms with Crippen LogP contribution in [0.4, 0.5) is 32.0 Å². The largest absolute Gasteiger partial charge is 0.490 e. The van der Waals surface area contributed by atoms with E-state index in [1.54, 1.807) is 6.07 Å². The first-order valence-electron chi connectivity index (χ1n) is 10.4. The zero-order valence-electron chi connectivity index (χ0n) is 18.4. The van der Waals surface area contributed by atoms with Crippen LogP contribution in [0.5, 0.6) is 5.75 Å². The fourth-order valence-electron chi connectivity index (χ4n) is 3.36. The number of hydrogen-bond donors (Lipinski definition) is 1. The summed E-state index contributed by atoms with van der Waals surface area (Å²) in [7, 11) is 0. The number of aliphatic hydroxyl groups is 1. The van der Waals surface area contributed by atoms with Gasteiger partial charge < -0.3 is 14.7 Å². The van der Waals surface area contributed by atoms with Crippen molar-refractivity contribution >= 4 is 23.1 Å². The lowest BCUT2D eigenvalue weighted by Gasteiger charge is -2.28. The van der Waals surface area contributed by atoms with Gasteiger partial charge in [-0.25, -0.2) is 4.98 Å². The van der Waals surface area contributed by atoms with Gasteiger partial charge in [-0.1, -0.05) is 48.0 Å². The molecule has 1 unspecified atom stereocenters. The number of aliphatic hydroxyl groups excluding tert-OH is 1. The lowest BCUT2D eigenvalue weighted by Crippen LogP contribution is -2.37. The van der Waals surface area contributed by atoms with E-state index in [0.717, 1.165) is 12.1 Å². The topological polar surface area (TPSA) is 62.7 Å². The number of aromatic nitrogens is 1. The summed E-state index contributed by atoms with van der Waals surface area (Å²) in [6, 6.07) is 12.3. The number of anilines is 1. The molecule has 0 aliphatic carbocycles. The van der Waals surface area contributed by atoms with Crippen LogP contribution in [-0.2, 0) is 6.18 Å². The minimum Gasteiger partial charge on any atom is -0.490 e. The van der Waals surface area contributed by atoms with Gasteiger partial charge in [-0.2, -0.15) is 26.3 Å². The minimum atomic E-state index is -5.06. The van der Waals surface area contributed by atoms with Gasteiger partial charge in [0, 0.05) is 16.8 Å². The van der Waals surface area contributed by atoms with Crippen LogP contribution in [0, 0.1) is 0 Å². The molecule has 1 atom stereocenters. The second-order valence-corrected chi connectivity index (χ2v) is 7.99. The van der Waals surface area contributed by atoms with E-state index in [1.165, 1.54) is 42.6 Å². The predicted octanol–water partition coefficient (Wildman–Crippen LogP) is 6.12. The van der Waals surface area contributed by atoms with Crippen molar-refractivity contribution in [1.82, 2.24) is 4.98 Å². The number of ether oxygens (including phenoxy) is 1. The number of carbonyl (C=O) groups excluding carboxylic acids is 1. The Balaban J connectivity index is 1.89. The monoisotopic (exact) mass is 532 g/mol. The Bertz CT molecular complexity index is 1170. The van der Waals surface area contributed by atoms with Crippen LogP contribution >= 0.6 is 11.6 Å². The Hall–Kier alpha value is -3.31. The molecule has 0 saturated heterocycles. The third kappa shape index (κ3) is 7.34. The zero-order valence-corrected chi connectivity index (χ0v) is 19.1. The van der Waals surface area contributed by atoms with Gasteiger partial charge in [0.05, 0.1) is 18.3 Å². The van der Waals surface area contributed by atoms with Crippen LogP contribution in [0.25, 0.3) is 0 Å². The molecule has 0 aliphatic rings. The molecular weight excluding hydrogens is 514 g/mol. The lowest BCUT2D eigenvalue weighted by molar-refractivity contribution is -0.138. The molecule has 1 aromatic heterocycles. The van der Waals surface area contributed by atoms with E-state index in [2.05, 4.69) is 4.98 Å². The number of carbonyl (C=O) groups is 1. The van der Waals surface area contributed by atoms with Crippen molar-refractivity contribution in [3.8, 4) is 5.75 Å².